The minimum atomic E-state index is -0.219. The predicted octanol–water partition coefficient (Wildman–Crippen LogP) is 4.60. The minimum absolute atomic E-state index is 0.0866. The van der Waals surface area contributed by atoms with Crippen LogP contribution in [0, 0.1) is 11.3 Å². The molecule has 1 fully saturated rings. The molecule has 1 N–H and O–H groups in total. The summed E-state index contributed by atoms with van der Waals surface area (Å²) >= 11 is 0. The third kappa shape index (κ3) is 5.32. The van der Waals surface area contributed by atoms with E-state index in [1.807, 2.05) is 42.7 Å². The van der Waals surface area contributed by atoms with E-state index in [-0.39, 0.29) is 23.9 Å². The van der Waals surface area contributed by atoms with Crippen molar-refractivity contribution in [2.24, 2.45) is 0 Å². The highest BCUT2D eigenvalue weighted by Crippen LogP contribution is 2.43. The maximum absolute atomic E-state index is 13.3. The molecule has 2 atom stereocenters. The van der Waals surface area contributed by atoms with Gasteiger partial charge in [0.15, 0.2) is 0 Å². The molecular formula is C28H31N5O. The molecule has 1 amide bonds. The van der Waals surface area contributed by atoms with E-state index in [9.17, 15) is 10.1 Å². The van der Waals surface area contributed by atoms with Gasteiger partial charge in [-0.15, -0.1) is 0 Å². The van der Waals surface area contributed by atoms with E-state index in [2.05, 4.69) is 51.4 Å². The SMILES string of the molecule is CCCCNC(=O)C1CCCN1C(c1cccc(C#N)c1)C(c1cccnc1)c1cccnc1. The molecule has 4 rings (SSSR count). The van der Waals surface area contributed by atoms with E-state index < -0.39 is 0 Å². The number of likely N-dealkylation sites (tertiary alicyclic amines) is 1. The molecule has 6 nitrogen and oxygen atoms in total. The van der Waals surface area contributed by atoms with Crippen LogP contribution in [0.25, 0.3) is 0 Å². The number of benzene rings is 1. The number of rotatable bonds is 9. The van der Waals surface area contributed by atoms with Crippen LogP contribution in [-0.4, -0.2) is 39.9 Å². The van der Waals surface area contributed by atoms with Crippen LogP contribution in [0.2, 0.25) is 0 Å². The van der Waals surface area contributed by atoms with Crippen LogP contribution in [0.1, 0.15) is 66.8 Å². The van der Waals surface area contributed by atoms with Gasteiger partial charge >= 0.3 is 0 Å². The van der Waals surface area contributed by atoms with Gasteiger partial charge in [0.2, 0.25) is 5.91 Å². The van der Waals surface area contributed by atoms with Crippen LogP contribution < -0.4 is 5.32 Å². The number of carbonyl (C=O) groups excluding carboxylic acids is 1. The molecule has 1 saturated heterocycles. The number of nitriles is 1. The van der Waals surface area contributed by atoms with Crippen molar-refractivity contribution in [3.63, 3.8) is 0 Å². The first-order valence-corrected chi connectivity index (χ1v) is 12.1. The molecule has 3 heterocycles. The highest BCUT2D eigenvalue weighted by Gasteiger charge is 2.40. The molecule has 0 aliphatic carbocycles. The van der Waals surface area contributed by atoms with E-state index in [1.54, 1.807) is 12.4 Å². The van der Waals surface area contributed by atoms with E-state index in [0.717, 1.165) is 48.9 Å². The van der Waals surface area contributed by atoms with Crippen molar-refractivity contribution in [2.45, 2.75) is 50.6 Å². The van der Waals surface area contributed by atoms with Crippen molar-refractivity contribution in [3.8, 4) is 6.07 Å². The predicted molar refractivity (Wildman–Crippen MR) is 132 cm³/mol. The van der Waals surface area contributed by atoms with Crippen LogP contribution in [0.5, 0.6) is 0 Å². The van der Waals surface area contributed by atoms with Crippen molar-refractivity contribution in [2.75, 3.05) is 13.1 Å². The van der Waals surface area contributed by atoms with Crippen LogP contribution in [0.4, 0.5) is 0 Å². The maximum atomic E-state index is 13.3. The minimum Gasteiger partial charge on any atom is -0.355 e. The fourth-order valence-electron chi connectivity index (χ4n) is 4.95. The molecule has 2 aromatic heterocycles. The first-order chi connectivity index (χ1) is 16.7. The summed E-state index contributed by atoms with van der Waals surface area (Å²) in [6.45, 7) is 3.63. The van der Waals surface area contributed by atoms with Crippen molar-refractivity contribution in [3.05, 3.63) is 95.6 Å². The summed E-state index contributed by atoms with van der Waals surface area (Å²) in [5.41, 5.74) is 3.74. The van der Waals surface area contributed by atoms with Gasteiger partial charge < -0.3 is 5.32 Å². The van der Waals surface area contributed by atoms with Gasteiger partial charge in [0.25, 0.3) is 0 Å². The first-order valence-electron chi connectivity index (χ1n) is 12.1. The van der Waals surface area contributed by atoms with E-state index in [0.29, 0.717) is 12.1 Å². The number of hydrogen-bond acceptors (Lipinski definition) is 5. The molecule has 6 heteroatoms. The number of nitrogens with one attached hydrogen (secondary N) is 1. The molecule has 1 aliphatic rings. The smallest absolute Gasteiger partial charge is 0.237 e. The Labute approximate surface area is 201 Å². The summed E-state index contributed by atoms with van der Waals surface area (Å²) in [6, 6.07) is 17.7. The molecule has 0 bridgehead atoms. The summed E-state index contributed by atoms with van der Waals surface area (Å²) in [6.07, 6.45) is 11.1. The van der Waals surface area contributed by atoms with Crippen LogP contribution in [-0.2, 0) is 4.79 Å². The zero-order valence-electron chi connectivity index (χ0n) is 19.6. The number of amides is 1. The zero-order valence-corrected chi connectivity index (χ0v) is 19.6. The largest absolute Gasteiger partial charge is 0.355 e. The van der Waals surface area contributed by atoms with E-state index >= 15 is 0 Å². The molecule has 34 heavy (non-hydrogen) atoms. The Kier molecular flexibility index (Phi) is 8.00. The number of carbonyl (C=O) groups is 1. The zero-order chi connectivity index (χ0) is 23.8. The summed E-state index contributed by atoms with van der Waals surface area (Å²) in [5.74, 6) is -0.0103. The lowest BCUT2D eigenvalue weighted by Gasteiger charge is -2.38. The van der Waals surface area contributed by atoms with Crippen LogP contribution in [0.3, 0.4) is 0 Å². The van der Waals surface area contributed by atoms with E-state index in [4.69, 9.17) is 0 Å². The molecule has 0 spiro atoms. The Morgan fingerprint density at radius 3 is 2.44 bits per heavy atom. The lowest BCUT2D eigenvalue weighted by Crippen LogP contribution is -2.46. The second-order valence-electron chi connectivity index (χ2n) is 8.77. The average Bonchev–Trinajstić information content (AvgIpc) is 3.38. The highest BCUT2D eigenvalue weighted by molar-refractivity contribution is 5.82. The third-order valence-electron chi connectivity index (χ3n) is 6.54. The Bertz CT molecular complexity index is 1070. The Balaban J connectivity index is 1.81. The maximum Gasteiger partial charge on any atom is 0.237 e. The van der Waals surface area contributed by atoms with Crippen molar-refractivity contribution in [1.29, 1.82) is 5.26 Å². The van der Waals surface area contributed by atoms with Crippen molar-refractivity contribution in [1.82, 2.24) is 20.2 Å². The standard InChI is InChI=1S/C28H31N5O/c1-2-3-15-32-28(34)25-12-7-16-33(25)27(22-9-4-8-21(17-22)18-29)26(23-10-5-13-30-19-23)24-11-6-14-31-20-24/h4-6,8-11,13-14,17,19-20,25-27H,2-3,7,12,15-16H2,1H3,(H,32,34). The second-order valence-corrected chi connectivity index (χ2v) is 8.77. The third-order valence-corrected chi connectivity index (χ3v) is 6.54. The number of aromatic nitrogens is 2. The van der Waals surface area contributed by atoms with Gasteiger partial charge in [0, 0.05) is 43.3 Å². The number of hydrogen-bond donors (Lipinski definition) is 1. The summed E-state index contributed by atoms with van der Waals surface area (Å²) < 4.78 is 0. The Hall–Kier alpha value is -3.56. The number of pyridine rings is 2. The quantitative estimate of drug-likeness (QED) is 0.479. The Morgan fingerprint density at radius 1 is 1.12 bits per heavy atom. The molecular weight excluding hydrogens is 422 g/mol. The topological polar surface area (TPSA) is 81.9 Å². The van der Waals surface area contributed by atoms with Gasteiger partial charge in [0.1, 0.15) is 0 Å². The second kappa shape index (κ2) is 11.5. The first kappa shape index (κ1) is 23.6. The average molecular weight is 454 g/mol. The monoisotopic (exact) mass is 453 g/mol. The molecule has 3 aromatic rings. The lowest BCUT2D eigenvalue weighted by atomic mass is 9.81. The number of unbranched alkanes of at least 4 members (excludes halogenated alkanes) is 1. The molecule has 174 valence electrons. The van der Waals surface area contributed by atoms with Crippen LogP contribution in [0.15, 0.2) is 73.3 Å². The molecule has 0 radical (unpaired) electrons. The van der Waals surface area contributed by atoms with Gasteiger partial charge in [-0.25, -0.2) is 0 Å². The highest BCUT2D eigenvalue weighted by atomic mass is 16.2. The summed E-state index contributed by atoms with van der Waals surface area (Å²) in [5, 5.41) is 12.7. The van der Waals surface area contributed by atoms with Crippen molar-refractivity contribution >= 4 is 5.91 Å². The van der Waals surface area contributed by atoms with E-state index in [1.165, 1.54) is 0 Å². The lowest BCUT2D eigenvalue weighted by molar-refractivity contribution is -0.126. The molecule has 1 aromatic carbocycles. The summed E-state index contributed by atoms with van der Waals surface area (Å²) in [4.78, 5) is 24.4. The Morgan fingerprint density at radius 2 is 1.82 bits per heavy atom. The molecule has 1 aliphatic heterocycles. The van der Waals surface area contributed by atoms with Gasteiger partial charge in [-0.3, -0.25) is 19.7 Å². The fraction of sp³-hybridized carbons (Fsp3) is 0.357. The molecule has 0 saturated carbocycles. The van der Waals surface area contributed by atoms with Crippen molar-refractivity contribution < 1.29 is 4.79 Å². The van der Waals surface area contributed by atoms with Gasteiger partial charge in [-0.05, 0) is 66.8 Å². The summed E-state index contributed by atoms with van der Waals surface area (Å²) in [7, 11) is 0. The molecule has 2 unspecified atom stereocenters. The fourth-order valence-corrected chi connectivity index (χ4v) is 4.95. The normalized spacial score (nSPS) is 16.8. The van der Waals surface area contributed by atoms with Gasteiger partial charge in [-0.2, -0.15) is 5.26 Å². The number of nitrogens with zero attached hydrogens (tertiary/aromatic N) is 4. The van der Waals surface area contributed by atoms with Gasteiger partial charge in [0.05, 0.1) is 17.7 Å². The van der Waals surface area contributed by atoms with Crippen LogP contribution >= 0.6 is 0 Å². The van der Waals surface area contributed by atoms with Gasteiger partial charge in [-0.1, -0.05) is 37.6 Å².